The average Bonchev–Trinajstić information content (AvgIpc) is 1.83. The molecule has 0 saturated heterocycles. The van der Waals surface area contributed by atoms with Gasteiger partial charge in [-0.1, -0.05) is 0 Å². The summed E-state index contributed by atoms with van der Waals surface area (Å²) in [6, 6.07) is 0.120. The van der Waals surface area contributed by atoms with Crippen molar-refractivity contribution in [3.05, 3.63) is 11.4 Å². The molecule has 0 aliphatic rings. The SMILES string of the molecule is [C-]#[N+]C(C)CCOC. The van der Waals surface area contributed by atoms with E-state index in [1.54, 1.807) is 7.11 Å². The highest BCUT2D eigenvalue weighted by Crippen LogP contribution is 1.94. The van der Waals surface area contributed by atoms with Crippen LogP contribution in [0.1, 0.15) is 13.3 Å². The average molecular weight is 113 g/mol. The first-order valence-corrected chi connectivity index (χ1v) is 2.66. The molecule has 0 saturated carbocycles. The van der Waals surface area contributed by atoms with Crippen LogP contribution in [0.4, 0.5) is 0 Å². The van der Waals surface area contributed by atoms with Gasteiger partial charge in [0, 0.05) is 20.5 Å². The maximum Gasteiger partial charge on any atom is 0.223 e. The van der Waals surface area contributed by atoms with Gasteiger partial charge in [0.15, 0.2) is 0 Å². The van der Waals surface area contributed by atoms with Crippen LogP contribution < -0.4 is 0 Å². The summed E-state index contributed by atoms with van der Waals surface area (Å²) in [6.45, 7) is 9.15. The highest BCUT2D eigenvalue weighted by atomic mass is 16.5. The van der Waals surface area contributed by atoms with Gasteiger partial charge in [-0.15, -0.1) is 0 Å². The Labute approximate surface area is 50.3 Å². The van der Waals surface area contributed by atoms with Crippen LogP contribution in [-0.4, -0.2) is 19.8 Å². The molecular weight excluding hydrogens is 102 g/mol. The fourth-order valence-electron chi connectivity index (χ4n) is 0.353. The van der Waals surface area contributed by atoms with Crippen molar-refractivity contribution in [1.82, 2.24) is 0 Å². The molecule has 2 nitrogen and oxygen atoms in total. The number of ether oxygens (including phenoxy) is 1. The van der Waals surface area contributed by atoms with Crippen molar-refractivity contribution >= 4 is 0 Å². The smallest absolute Gasteiger partial charge is 0.223 e. The summed E-state index contributed by atoms with van der Waals surface area (Å²) in [5, 5.41) is 0. The van der Waals surface area contributed by atoms with Gasteiger partial charge in [-0.05, 0) is 0 Å². The normalized spacial score (nSPS) is 12.6. The minimum absolute atomic E-state index is 0.120. The lowest BCUT2D eigenvalue weighted by Gasteiger charge is -1.94. The third-order valence-electron chi connectivity index (χ3n) is 0.960. The van der Waals surface area contributed by atoms with Crippen molar-refractivity contribution in [2.75, 3.05) is 13.7 Å². The first-order valence-electron chi connectivity index (χ1n) is 2.66. The van der Waals surface area contributed by atoms with Crippen molar-refractivity contribution in [1.29, 1.82) is 0 Å². The van der Waals surface area contributed by atoms with E-state index in [9.17, 15) is 0 Å². The van der Waals surface area contributed by atoms with Crippen LogP contribution in [0.3, 0.4) is 0 Å². The van der Waals surface area contributed by atoms with Crippen molar-refractivity contribution in [3.8, 4) is 0 Å². The Hall–Kier alpha value is -0.550. The minimum atomic E-state index is 0.120. The number of rotatable bonds is 3. The van der Waals surface area contributed by atoms with Crippen LogP contribution in [0.15, 0.2) is 0 Å². The first-order chi connectivity index (χ1) is 3.81. The first kappa shape index (κ1) is 7.45. The molecule has 0 aromatic rings. The number of methoxy groups -OCH3 is 1. The zero-order valence-electron chi connectivity index (χ0n) is 5.35. The summed E-state index contributed by atoms with van der Waals surface area (Å²) >= 11 is 0. The summed E-state index contributed by atoms with van der Waals surface area (Å²) in [5.41, 5.74) is 0. The van der Waals surface area contributed by atoms with Gasteiger partial charge in [0.05, 0.1) is 6.61 Å². The number of hydrogen-bond acceptors (Lipinski definition) is 1. The van der Waals surface area contributed by atoms with Gasteiger partial charge >= 0.3 is 0 Å². The third kappa shape index (κ3) is 3.63. The molecule has 2 heteroatoms. The van der Waals surface area contributed by atoms with E-state index < -0.39 is 0 Å². The van der Waals surface area contributed by atoms with Crippen molar-refractivity contribution in [3.63, 3.8) is 0 Å². The van der Waals surface area contributed by atoms with Gasteiger partial charge < -0.3 is 9.58 Å². The minimum Gasteiger partial charge on any atom is -0.384 e. The summed E-state index contributed by atoms with van der Waals surface area (Å²) in [7, 11) is 1.65. The summed E-state index contributed by atoms with van der Waals surface area (Å²) in [5.74, 6) is 0. The van der Waals surface area contributed by atoms with Crippen LogP contribution in [0.5, 0.6) is 0 Å². The monoisotopic (exact) mass is 113 g/mol. The Balaban J connectivity index is 3.02. The fourth-order valence-corrected chi connectivity index (χ4v) is 0.353. The molecule has 0 radical (unpaired) electrons. The summed E-state index contributed by atoms with van der Waals surface area (Å²) in [6.07, 6.45) is 0.847. The Morgan fingerprint density at radius 3 is 2.75 bits per heavy atom. The molecule has 0 N–H and O–H groups in total. The Kier molecular flexibility index (Phi) is 4.29. The lowest BCUT2D eigenvalue weighted by Crippen LogP contribution is -1.99. The van der Waals surface area contributed by atoms with E-state index in [2.05, 4.69) is 4.85 Å². The van der Waals surface area contributed by atoms with Crippen molar-refractivity contribution in [2.45, 2.75) is 19.4 Å². The Bertz CT molecular complexity index is 85.0. The van der Waals surface area contributed by atoms with Gasteiger partial charge in [0.1, 0.15) is 0 Å². The molecule has 0 heterocycles. The predicted molar refractivity (Wildman–Crippen MR) is 32.6 cm³/mol. The van der Waals surface area contributed by atoms with Crippen LogP contribution in [0.25, 0.3) is 4.85 Å². The zero-order chi connectivity index (χ0) is 6.41. The molecule has 8 heavy (non-hydrogen) atoms. The molecule has 0 aliphatic heterocycles. The highest BCUT2D eigenvalue weighted by molar-refractivity contribution is 4.71. The molecule has 0 bridgehead atoms. The molecule has 0 aliphatic carbocycles. The lowest BCUT2D eigenvalue weighted by atomic mass is 10.3. The molecule has 1 atom stereocenters. The molecule has 0 spiro atoms. The van der Waals surface area contributed by atoms with Gasteiger partial charge in [-0.3, -0.25) is 0 Å². The van der Waals surface area contributed by atoms with Crippen molar-refractivity contribution < 1.29 is 4.74 Å². The second kappa shape index (κ2) is 4.61. The van der Waals surface area contributed by atoms with Crippen LogP contribution in [0, 0.1) is 6.57 Å². The predicted octanol–water partition coefficient (Wildman–Crippen LogP) is 1.33. The molecule has 0 rings (SSSR count). The Morgan fingerprint density at radius 1 is 1.75 bits per heavy atom. The highest BCUT2D eigenvalue weighted by Gasteiger charge is 2.00. The maximum atomic E-state index is 6.56. The van der Waals surface area contributed by atoms with E-state index in [1.165, 1.54) is 0 Å². The van der Waals surface area contributed by atoms with E-state index >= 15 is 0 Å². The molecule has 0 aromatic heterocycles. The quantitative estimate of drug-likeness (QED) is 0.503. The summed E-state index contributed by atoms with van der Waals surface area (Å²) < 4.78 is 4.77. The van der Waals surface area contributed by atoms with Gasteiger partial charge in [0.2, 0.25) is 6.04 Å². The second-order valence-electron chi connectivity index (χ2n) is 1.76. The largest absolute Gasteiger partial charge is 0.384 e. The summed E-state index contributed by atoms with van der Waals surface area (Å²) in [4.78, 5) is 3.30. The maximum absolute atomic E-state index is 6.56. The second-order valence-corrected chi connectivity index (χ2v) is 1.76. The van der Waals surface area contributed by atoms with E-state index in [4.69, 9.17) is 11.3 Å². The molecule has 1 unspecified atom stereocenters. The van der Waals surface area contributed by atoms with Gasteiger partial charge in [-0.25, -0.2) is 6.57 Å². The van der Waals surface area contributed by atoms with E-state index in [-0.39, 0.29) is 6.04 Å². The number of hydrogen-bond donors (Lipinski definition) is 0. The zero-order valence-corrected chi connectivity index (χ0v) is 5.35. The van der Waals surface area contributed by atoms with E-state index in [1.807, 2.05) is 6.92 Å². The van der Waals surface area contributed by atoms with Crippen molar-refractivity contribution in [2.24, 2.45) is 0 Å². The molecule has 0 amide bonds. The van der Waals surface area contributed by atoms with Crippen LogP contribution >= 0.6 is 0 Å². The fraction of sp³-hybridized carbons (Fsp3) is 0.833. The van der Waals surface area contributed by atoms with E-state index in [0.29, 0.717) is 6.61 Å². The number of nitrogens with zero attached hydrogens (tertiary/aromatic N) is 1. The van der Waals surface area contributed by atoms with Crippen LogP contribution in [0.2, 0.25) is 0 Å². The topological polar surface area (TPSA) is 13.6 Å². The Morgan fingerprint density at radius 2 is 2.38 bits per heavy atom. The van der Waals surface area contributed by atoms with E-state index in [0.717, 1.165) is 6.42 Å². The molecule has 0 aromatic carbocycles. The third-order valence-corrected chi connectivity index (χ3v) is 0.960. The lowest BCUT2D eigenvalue weighted by molar-refractivity contribution is 0.192. The molecular formula is C6H11NO. The molecule has 0 fully saturated rings. The van der Waals surface area contributed by atoms with Crippen LogP contribution in [-0.2, 0) is 4.74 Å². The standard InChI is InChI=1S/C6H11NO/c1-6(7-2)4-5-8-3/h6H,4-5H2,1,3H3. The van der Waals surface area contributed by atoms with Gasteiger partial charge in [-0.2, -0.15) is 0 Å². The molecule has 46 valence electrons. The van der Waals surface area contributed by atoms with Gasteiger partial charge in [0.25, 0.3) is 0 Å².